The SMILES string of the molecule is Cc1nc(-c2csc(S(=O)(=O)NCCN3CCCC3)c2)sc1C(=O)N1CCCC1. The standard InChI is InChI=1S/C19H26N4O3S3/c1-14-17(19(24)23-9-4-5-10-23)28-18(21-14)15-12-16(27-13-15)29(25,26)20-6-11-22-7-2-3-8-22/h12-13,20H,2-11H2,1H3. The summed E-state index contributed by atoms with van der Waals surface area (Å²) in [5.74, 6) is 0.0374. The molecule has 4 rings (SSSR count). The fraction of sp³-hybridized carbons (Fsp3) is 0.579. The van der Waals surface area contributed by atoms with Gasteiger partial charge in [-0.1, -0.05) is 0 Å². The van der Waals surface area contributed by atoms with Crippen LogP contribution in [0.4, 0.5) is 0 Å². The van der Waals surface area contributed by atoms with E-state index in [1.54, 1.807) is 11.4 Å². The summed E-state index contributed by atoms with van der Waals surface area (Å²) in [6.07, 6.45) is 4.48. The van der Waals surface area contributed by atoms with Crippen LogP contribution >= 0.6 is 22.7 Å². The Morgan fingerprint density at radius 3 is 2.59 bits per heavy atom. The molecule has 0 radical (unpaired) electrons. The third-order valence-corrected chi connectivity index (χ3v) is 9.49. The van der Waals surface area contributed by atoms with Crippen molar-refractivity contribution in [2.24, 2.45) is 0 Å². The average Bonchev–Trinajstić information content (AvgIpc) is 3.46. The van der Waals surface area contributed by atoms with Gasteiger partial charge in [0.1, 0.15) is 14.1 Å². The molecule has 2 aliphatic rings. The highest BCUT2D eigenvalue weighted by Crippen LogP contribution is 2.33. The molecule has 0 aromatic carbocycles. The third kappa shape index (κ3) is 4.72. The summed E-state index contributed by atoms with van der Waals surface area (Å²) in [6.45, 7) is 6.70. The van der Waals surface area contributed by atoms with E-state index in [9.17, 15) is 13.2 Å². The number of aromatic nitrogens is 1. The lowest BCUT2D eigenvalue weighted by atomic mass is 10.3. The zero-order chi connectivity index (χ0) is 20.4. The molecule has 4 heterocycles. The number of nitrogens with one attached hydrogen (secondary N) is 1. The lowest BCUT2D eigenvalue weighted by Crippen LogP contribution is -2.33. The van der Waals surface area contributed by atoms with Crippen molar-refractivity contribution in [1.82, 2.24) is 19.5 Å². The topological polar surface area (TPSA) is 82.6 Å². The van der Waals surface area contributed by atoms with Gasteiger partial charge in [0.15, 0.2) is 0 Å². The van der Waals surface area contributed by atoms with Crippen LogP contribution in [0.1, 0.15) is 41.0 Å². The van der Waals surface area contributed by atoms with Crippen molar-refractivity contribution >= 4 is 38.6 Å². The van der Waals surface area contributed by atoms with Crippen molar-refractivity contribution < 1.29 is 13.2 Å². The maximum Gasteiger partial charge on any atom is 0.265 e. The number of hydrogen-bond acceptors (Lipinski definition) is 7. The third-order valence-electron chi connectivity index (χ3n) is 5.39. The Morgan fingerprint density at radius 1 is 1.17 bits per heavy atom. The van der Waals surface area contributed by atoms with Crippen molar-refractivity contribution in [3.05, 3.63) is 22.0 Å². The molecule has 0 spiro atoms. The first-order valence-electron chi connectivity index (χ1n) is 10.0. The molecule has 2 aromatic rings. The normalized spacial score (nSPS) is 18.0. The first-order valence-corrected chi connectivity index (χ1v) is 13.2. The maximum atomic E-state index is 12.7. The van der Waals surface area contributed by atoms with Gasteiger partial charge in [-0.25, -0.2) is 18.1 Å². The summed E-state index contributed by atoms with van der Waals surface area (Å²) < 4.78 is 28.2. The molecule has 0 aliphatic carbocycles. The van der Waals surface area contributed by atoms with Crippen molar-refractivity contribution in [1.29, 1.82) is 0 Å². The summed E-state index contributed by atoms with van der Waals surface area (Å²) in [6, 6.07) is 1.66. The Morgan fingerprint density at radius 2 is 1.86 bits per heavy atom. The van der Waals surface area contributed by atoms with E-state index in [-0.39, 0.29) is 10.1 Å². The molecule has 2 fully saturated rings. The van der Waals surface area contributed by atoms with E-state index in [0.717, 1.165) is 51.1 Å². The molecule has 0 atom stereocenters. The van der Waals surface area contributed by atoms with E-state index in [4.69, 9.17) is 0 Å². The molecular weight excluding hydrogens is 428 g/mol. The fourth-order valence-electron chi connectivity index (χ4n) is 3.77. The molecule has 29 heavy (non-hydrogen) atoms. The number of aryl methyl sites for hydroxylation is 1. The van der Waals surface area contributed by atoms with Crippen LogP contribution in [0, 0.1) is 6.92 Å². The molecule has 0 saturated carbocycles. The summed E-state index contributed by atoms with van der Waals surface area (Å²) in [7, 11) is -3.53. The van der Waals surface area contributed by atoms with Crippen LogP contribution in [0.5, 0.6) is 0 Å². The molecule has 0 unspecified atom stereocenters. The lowest BCUT2D eigenvalue weighted by molar-refractivity contribution is 0.0796. The number of nitrogens with zero attached hydrogens (tertiary/aromatic N) is 3. The largest absolute Gasteiger partial charge is 0.338 e. The lowest BCUT2D eigenvalue weighted by Gasteiger charge is -2.14. The molecule has 2 aromatic heterocycles. The van der Waals surface area contributed by atoms with Crippen LogP contribution in [-0.2, 0) is 10.0 Å². The van der Waals surface area contributed by atoms with Gasteiger partial charge >= 0.3 is 0 Å². The minimum atomic E-state index is -3.53. The number of likely N-dealkylation sites (tertiary alicyclic amines) is 2. The van der Waals surface area contributed by atoms with Gasteiger partial charge in [-0.05, 0) is 51.8 Å². The van der Waals surface area contributed by atoms with Crippen LogP contribution in [0.25, 0.3) is 10.6 Å². The second-order valence-corrected chi connectivity index (χ2v) is 11.4. The van der Waals surface area contributed by atoms with Crippen molar-refractivity contribution in [3.63, 3.8) is 0 Å². The maximum absolute atomic E-state index is 12.7. The number of amides is 1. The zero-order valence-corrected chi connectivity index (χ0v) is 19.0. The molecular formula is C19H26N4O3S3. The first-order chi connectivity index (χ1) is 13.9. The van der Waals surface area contributed by atoms with Gasteiger partial charge in [-0.3, -0.25) is 4.79 Å². The number of thiazole rings is 1. The number of carbonyl (C=O) groups is 1. The molecule has 1 N–H and O–H groups in total. The van der Waals surface area contributed by atoms with Crippen LogP contribution in [0.3, 0.4) is 0 Å². The van der Waals surface area contributed by atoms with Crippen molar-refractivity contribution in [2.45, 2.75) is 36.8 Å². The van der Waals surface area contributed by atoms with Gasteiger partial charge in [0.2, 0.25) is 10.0 Å². The molecule has 158 valence electrons. The van der Waals surface area contributed by atoms with Crippen LogP contribution in [0.2, 0.25) is 0 Å². The van der Waals surface area contributed by atoms with Gasteiger partial charge < -0.3 is 9.80 Å². The molecule has 1 amide bonds. The average molecular weight is 455 g/mol. The van der Waals surface area contributed by atoms with E-state index in [1.165, 1.54) is 35.5 Å². The number of thiophene rings is 1. The number of carbonyl (C=O) groups excluding carboxylic acids is 1. The Labute approximate surface area is 179 Å². The van der Waals surface area contributed by atoms with Crippen LogP contribution in [-0.4, -0.2) is 68.4 Å². The highest BCUT2D eigenvalue weighted by Gasteiger charge is 2.25. The van der Waals surface area contributed by atoms with E-state index in [2.05, 4.69) is 14.6 Å². The highest BCUT2D eigenvalue weighted by atomic mass is 32.2. The van der Waals surface area contributed by atoms with Crippen LogP contribution in [0.15, 0.2) is 15.7 Å². The summed E-state index contributed by atoms with van der Waals surface area (Å²) in [5, 5.41) is 2.50. The summed E-state index contributed by atoms with van der Waals surface area (Å²) >= 11 is 2.54. The quantitative estimate of drug-likeness (QED) is 0.696. The van der Waals surface area contributed by atoms with Gasteiger partial charge in [0, 0.05) is 37.1 Å². The van der Waals surface area contributed by atoms with E-state index < -0.39 is 10.0 Å². The Kier molecular flexibility index (Phi) is 6.35. The minimum absolute atomic E-state index is 0.0374. The molecule has 2 aliphatic heterocycles. The number of sulfonamides is 1. The van der Waals surface area contributed by atoms with E-state index in [1.807, 2.05) is 11.8 Å². The summed E-state index contributed by atoms with van der Waals surface area (Å²) in [5.41, 5.74) is 1.46. The Hall–Kier alpha value is -1.33. The summed E-state index contributed by atoms with van der Waals surface area (Å²) in [4.78, 5) is 22.0. The molecule has 2 saturated heterocycles. The molecule has 7 nitrogen and oxygen atoms in total. The van der Waals surface area contributed by atoms with E-state index >= 15 is 0 Å². The first kappa shape index (κ1) is 20.9. The highest BCUT2D eigenvalue weighted by molar-refractivity contribution is 7.91. The fourth-order valence-corrected chi connectivity index (χ4v) is 7.09. The van der Waals surface area contributed by atoms with Gasteiger partial charge in [-0.15, -0.1) is 22.7 Å². The van der Waals surface area contributed by atoms with Gasteiger partial charge in [-0.2, -0.15) is 0 Å². The van der Waals surface area contributed by atoms with Crippen molar-refractivity contribution in [3.8, 4) is 10.6 Å². The van der Waals surface area contributed by atoms with Crippen molar-refractivity contribution in [2.75, 3.05) is 39.3 Å². The van der Waals surface area contributed by atoms with Gasteiger partial charge in [0.05, 0.1) is 5.69 Å². The minimum Gasteiger partial charge on any atom is -0.338 e. The smallest absolute Gasteiger partial charge is 0.265 e. The predicted octanol–water partition coefficient (Wildman–Crippen LogP) is 2.79. The molecule has 10 heteroatoms. The van der Waals surface area contributed by atoms with Crippen LogP contribution < -0.4 is 4.72 Å². The predicted molar refractivity (Wildman–Crippen MR) is 116 cm³/mol. The molecule has 0 bridgehead atoms. The number of rotatable bonds is 7. The second kappa shape index (κ2) is 8.81. The Bertz CT molecular complexity index is 971. The zero-order valence-electron chi connectivity index (χ0n) is 16.5. The van der Waals surface area contributed by atoms with E-state index in [0.29, 0.717) is 22.1 Å². The monoisotopic (exact) mass is 454 g/mol. The second-order valence-electron chi connectivity index (χ2n) is 7.53. The number of hydrogen-bond donors (Lipinski definition) is 1. The van der Waals surface area contributed by atoms with Gasteiger partial charge in [0.25, 0.3) is 5.91 Å². The Balaban J connectivity index is 1.44.